The maximum absolute atomic E-state index is 12.8. The smallest absolute Gasteiger partial charge is 0.435 e. The molecule has 2 heterocycles. The Balaban J connectivity index is 1.53. The Bertz CT molecular complexity index is 827. The van der Waals surface area contributed by atoms with Gasteiger partial charge in [-0.1, -0.05) is 12.1 Å². The first-order valence-corrected chi connectivity index (χ1v) is 9.01. The number of methoxy groups -OCH3 is 1. The zero-order chi connectivity index (χ0) is 20.3. The van der Waals surface area contributed by atoms with Gasteiger partial charge >= 0.3 is 6.18 Å². The monoisotopic (exact) mass is 396 g/mol. The van der Waals surface area contributed by atoms with Crippen LogP contribution in [0.2, 0.25) is 0 Å². The second kappa shape index (κ2) is 8.22. The van der Waals surface area contributed by atoms with Crippen molar-refractivity contribution in [3.8, 4) is 5.75 Å². The van der Waals surface area contributed by atoms with Gasteiger partial charge in [0.2, 0.25) is 5.91 Å². The van der Waals surface area contributed by atoms with Crippen LogP contribution < -0.4 is 4.74 Å². The van der Waals surface area contributed by atoms with Gasteiger partial charge in [0, 0.05) is 38.4 Å². The molecule has 28 heavy (non-hydrogen) atoms. The van der Waals surface area contributed by atoms with Crippen LogP contribution in [-0.2, 0) is 24.1 Å². The summed E-state index contributed by atoms with van der Waals surface area (Å²) in [6, 6.07) is 8.80. The topological polar surface area (TPSA) is 50.6 Å². The summed E-state index contributed by atoms with van der Waals surface area (Å²) < 4.78 is 44.6. The van der Waals surface area contributed by atoms with Crippen LogP contribution in [0.5, 0.6) is 5.75 Å². The number of carbonyl (C=O) groups excluding carboxylic acids is 1. The number of alkyl halides is 3. The number of hydrogen-bond donors (Lipinski definition) is 0. The summed E-state index contributed by atoms with van der Waals surface area (Å²) >= 11 is 0. The zero-order valence-corrected chi connectivity index (χ0v) is 15.9. The molecular weight excluding hydrogens is 373 g/mol. The number of carbonyl (C=O) groups is 1. The van der Waals surface area contributed by atoms with E-state index < -0.39 is 11.9 Å². The molecule has 0 bridgehead atoms. The summed E-state index contributed by atoms with van der Waals surface area (Å²) in [6.45, 7) is 4.57. The number of hydrogen-bond acceptors (Lipinski definition) is 4. The van der Waals surface area contributed by atoms with Gasteiger partial charge in [0.25, 0.3) is 0 Å². The largest absolute Gasteiger partial charge is 0.497 e. The summed E-state index contributed by atoms with van der Waals surface area (Å²) in [5.74, 6) is 0.583. The lowest BCUT2D eigenvalue weighted by Crippen LogP contribution is -2.49. The third-order valence-corrected chi connectivity index (χ3v) is 4.82. The fraction of sp³-hybridized carbons (Fsp3) is 0.474. The molecule has 6 nitrogen and oxygen atoms in total. The molecule has 1 saturated heterocycles. The molecule has 2 aromatic rings. The summed E-state index contributed by atoms with van der Waals surface area (Å²) in [7, 11) is 1.63. The molecule has 1 aromatic heterocycles. The lowest BCUT2D eigenvalue weighted by Gasteiger charge is -2.34. The van der Waals surface area contributed by atoms with Crippen molar-refractivity contribution in [2.45, 2.75) is 26.2 Å². The Hall–Kier alpha value is -2.55. The van der Waals surface area contributed by atoms with Crippen LogP contribution in [0.1, 0.15) is 17.0 Å². The third-order valence-electron chi connectivity index (χ3n) is 4.82. The van der Waals surface area contributed by atoms with Crippen molar-refractivity contribution in [1.82, 2.24) is 19.6 Å². The predicted molar refractivity (Wildman–Crippen MR) is 96.8 cm³/mol. The first-order chi connectivity index (χ1) is 13.3. The van der Waals surface area contributed by atoms with Gasteiger partial charge in [-0.15, -0.1) is 0 Å². The van der Waals surface area contributed by atoms with Gasteiger partial charge in [0.05, 0.1) is 7.11 Å². The number of benzene rings is 1. The number of aromatic nitrogens is 2. The van der Waals surface area contributed by atoms with Gasteiger partial charge in [-0.3, -0.25) is 14.4 Å². The van der Waals surface area contributed by atoms with Crippen molar-refractivity contribution in [1.29, 1.82) is 0 Å². The highest BCUT2D eigenvalue weighted by Crippen LogP contribution is 2.28. The van der Waals surface area contributed by atoms with Crippen molar-refractivity contribution < 1.29 is 22.7 Å². The summed E-state index contributed by atoms with van der Waals surface area (Å²) in [5, 5.41) is 3.52. The molecule has 0 aliphatic carbocycles. The van der Waals surface area contributed by atoms with Crippen LogP contribution in [0.25, 0.3) is 0 Å². The number of nitrogens with zero attached hydrogens (tertiary/aromatic N) is 4. The van der Waals surface area contributed by atoms with Crippen LogP contribution in [0.3, 0.4) is 0 Å². The second-order valence-electron chi connectivity index (χ2n) is 6.83. The van der Waals surface area contributed by atoms with Crippen LogP contribution in [0.4, 0.5) is 13.2 Å². The van der Waals surface area contributed by atoms with Crippen molar-refractivity contribution in [2.75, 3.05) is 33.3 Å². The fourth-order valence-electron chi connectivity index (χ4n) is 3.22. The fourth-order valence-corrected chi connectivity index (χ4v) is 3.22. The van der Waals surface area contributed by atoms with E-state index in [9.17, 15) is 18.0 Å². The maximum atomic E-state index is 12.8. The Labute approximate surface area is 161 Å². The van der Waals surface area contributed by atoms with E-state index in [1.54, 1.807) is 12.0 Å². The Kier molecular flexibility index (Phi) is 5.93. The minimum absolute atomic E-state index is 0.183. The standard InChI is InChI=1S/C19H23F3N4O2/c1-14-10-17(19(20,21)22)23-26(14)13-18(27)25-8-6-24(7-9-25)12-15-4-3-5-16(11-15)28-2/h3-5,10-11H,6-9,12-13H2,1-2H3. The average Bonchev–Trinajstić information content (AvgIpc) is 3.03. The summed E-state index contributed by atoms with van der Waals surface area (Å²) in [4.78, 5) is 16.4. The molecule has 3 rings (SSSR count). The van der Waals surface area contributed by atoms with Gasteiger partial charge in [0.1, 0.15) is 12.3 Å². The minimum atomic E-state index is -4.51. The van der Waals surface area contributed by atoms with Crippen LogP contribution in [0, 0.1) is 6.92 Å². The Morgan fingerprint density at radius 3 is 2.50 bits per heavy atom. The van der Waals surface area contributed by atoms with Gasteiger partial charge in [0.15, 0.2) is 5.69 Å². The van der Waals surface area contributed by atoms with E-state index in [4.69, 9.17) is 4.74 Å². The van der Waals surface area contributed by atoms with Crippen LogP contribution in [-0.4, -0.2) is 58.8 Å². The average molecular weight is 396 g/mol. The van der Waals surface area contributed by atoms with Crippen molar-refractivity contribution >= 4 is 5.91 Å². The first kappa shape index (κ1) is 20.2. The third kappa shape index (κ3) is 4.83. The van der Waals surface area contributed by atoms with E-state index in [1.807, 2.05) is 24.3 Å². The Morgan fingerprint density at radius 1 is 1.18 bits per heavy atom. The van der Waals surface area contributed by atoms with Crippen molar-refractivity contribution in [3.63, 3.8) is 0 Å². The second-order valence-corrected chi connectivity index (χ2v) is 6.83. The van der Waals surface area contributed by atoms with Gasteiger partial charge in [-0.05, 0) is 30.7 Å². The highest BCUT2D eigenvalue weighted by Gasteiger charge is 2.34. The number of rotatable bonds is 5. The quantitative estimate of drug-likeness (QED) is 0.780. The SMILES string of the molecule is COc1cccc(CN2CCN(C(=O)Cn3nc(C(F)(F)F)cc3C)CC2)c1. The van der Waals surface area contributed by atoms with E-state index in [1.165, 1.54) is 6.92 Å². The molecule has 1 amide bonds. The lowest BCUT2D eigenvalue weighted by atomic mass is 10.2. The normalized spacial score (nSPS) is 15.7. The van der Waals surface area contributed by atoms with E-state index >= 15 is 0 Å². The van der Waals surface area contributed by atoms with Crippen molar-refractivity contribution in [2.24, 2.45) is 0 Å². The van der Waals surface area contributed by atoms with Crippen LogP contribution in [0.15, 0.2) is 30.3 Å². The molecular formula is C19H23F3N4O2. The molecule has 0 N–H and O–H groups in total. The molecule has 152 valence electrons. The van der Waals surface area contributed by atoms with Gasteiger partial charge in [-0.2, -0.15) is 18.3 Å². The molecule has 0 radical (unpaired) electrons. The van der Waals surface area contributed by atoms with Crippen LogP contribution >= 0.6 is 0 Å². The van der Waals surface area contributed by atoms with E-state index in [0.717, 1.165) is 28.6 Å². The highest BCUT2D eigenvalue weighted by atomic mass is 19.4. The number of ether oxygens (including phenoxy) is 1. The molecule has 0 unspecified atom stereocenters. The van der Waals surface area contributed by atoms with E-state index in [2.05, 4.69) is 10.00 Å². The molecule has 1 aliphatic heterocycles. The number of halogens is 3. The number of aryl methyl sites for hydroxylation is 1. The maximum Gasteiger partial charge on any atom is 0.435 e. The summed E-state index contributed by atoms with van der Waals surface area (Å²) in [6.07, 6.45) is -4.51. The highest BCUT2D eigenvalue weighted by molar-refractivity contribution is 5.76. The minimum Gasteiger partial charge on any atom is -0.497 e. The predicted octanol–water partition coefficient (Wildman–Crippen LogP) is 2.56. The number of amides is 1. The molecule has 1 fully saturated rings. The molecule has 1 aliphatic rings. The molecule has 0 spiro atoms. The molecule has 0 saturated carbocycles. The first-order valence-electron chi connectivity index (χ1n) is 9.01. The Morgan fingerprint density at radius 2 is 1.89 bits per heavy atom. The number of piperazine rings is 1. The van der Waals surface area contributed by atoms with Gasteiger partial charge in [-0.25, -0.2) is 0 Å². The van der Waals surface area contributed by atoms with Crippen molar-refractivity contribution in [3.05, 3.63) is 47.3 Å². The molecule has 1 aromatic carbocycles. The van der Waals surface area contributed by atoms with E-state index in [-0.39, 0.29) is 12.5 Å². The summed E-state index contributed by atoms with van der Waals surface area (Å²) in [5.41, 5.74) is 0.476. The zero-order valence-electron chi connectivity index (χ0n) is 15.9. The van der Waals surface area contributed by atoms with Gasteiger partial charge < -0.3 is 9.64 Å². The lowest BCUT2D eigenvalue weighted by molar-refractivity contribution is -0.142. The molecule has 9 heteroatoms. The molecule has 0 atom stereocenters. The van der Waals surface area contributed by atoms with E-state index in [0.29, 0.717) is 31.9 Å².